The van der Waals surface area contributed by atoms with Gasteiger partial charge in [-0.15, -0.1) is 0 Å². The molecule has 1 aromatic rings. The molecular formula is C14H21BrFNO. The number of ether oxygens (including phenoxy) is 1. The van der Waals surface area contributed by atoms with Crippen LogP contribution in [0.5, 0.6) is 0 Å². The molecule has 0 saturated carbocycles. The topological polar surface area (TPSA) is 21.3 Å². The first-order valence-corrected chi connectivity index (χ1v) is 7.25. The van der Waals surface area contributed by atoms with E-state index in [1.807, 2.05) is 26.0 Å². The van der Waals surface area contributed by atoms with Crippen LogP contribution in [0.2, 0.25) is 0 Å². The van der Waals surface area contributed by atoms with E-state index in [0.29, 0.717) is 4.47 Å². The summed E-state index contributed by atoms with van der Waals surface area (Å²) in [7, 11) is 0. The molecule has 4 heteroatoms. The summed E-state index contributed by atoms with van der Waals surface area (Å²) in [6, 6.07) is 5.49. The Balaban J connectivity index is 2.68. The molecule has 0 fully saturated rings. The average molecular weight is 318 g/mol. The maximum absolute atomic E-state index is 14.0. The zero-order chi connectivity index (χ0) is 13.4. The standard InChI is InChI=1S/C14H21BrFNO/c1-3-17-13(9-6-10-18-4-2)11-7-5-8-12(15)14(11)16/h5,7-8,13,17H,3-4,6,9-10H2,1-2H3. The van der Waals surface area contributed by atoms with Crippen LogP contribution in [0.15, 0.2) is 22.7 Å². The van der Waals surface area contributed by atoms with Gasteiger partial charge < -0.3 is 10.1 Å². The molecule has 2 nitrogen and oxygen atoms in total. The van der Waals surface area contributed by atoms with Crippen molar-refractivity contribution in [2.75, 3.05) is 19.8 Å². The fourth-order valence-corrected chi connectivity index (χ4v) is 2.32. The van der Waals surface area contributed by atoms with Crippen LogP contribution in [0, 0.1) is 5.82 Å². The second kappa shape index (κ2) is 8.62. The minimum Gasteiger partial charge on any atom is -0.382 e. The molecule has 0 radical (unpaired) electrons. The van der Waals surface area contributed by atoms with Crippen molar-refractivity contribution < 1.29 is 9.13 Å². The van der Waals surface area contributed by atoms with E-state index in [0.717, 1.165) is 38.2 Å². The van der Waals surface area contributed by atoms with Crippen molar-refractivity contribution >= 4 is 15.9 Å². The van der Waals surface area contributed by atoms with Crippen molar-refractivity contribution in [3.8, 4) is 0 Å². The van der Waals surface area contributed by atoms with E-state index in [9.17, 15) is 4.39 Å². The van der Waals surface area contributed by atoms with E-state index in [-0.39, 0.29) is 11.9 Å². The summed E-state index contributed by atoms with van der Waals surface area (Å²) >= 11 is 3.23. The van der Waals surface area contributed by atoms with Crippen LogP contribution in [0.3, 0.4) is 0 Å². The summed E-state index contributed by atoms with van der Waals surface area (Å²) in [5, 5.41) is 3.33. The van der Waals surface area contributed by atoms with Gasteiger partial charge in [-0.1, -0.05) is 19.1 Å². The highest BCUT2D eigenvalue weighted by Crippen LogP contribution is 2.26. The molecule has 0 saturated heterocycles. The molecule has 1 rings (SSSR count). The molecule has 0 aliphatic carbocycles. The minimum absolute atomic E-state index is 0.0490. The van der Waals surface area contributed by atoms with Crippen molar-refractivity contribution in [1.82, 2.24) is 5.32 Å². The van der Waals surface area contributed by atoms with Gasteiger partial charge in [-0.3, -0.25) is 0 Å². The molecule has 1 N–H and O–H groups in total. The zero-order valence-electron chi connectivity index (χ0n) is 11.0. The van der Waals surface area contributed by atoms with E-state index in [4.69, 9.17) is 4.74 Å². The van der Waals surface area contributed by atoms with Crippen molar-refractivity contribution in [2.45, 2.75) is 32.7 Å². The molecule has 102 valence electrons. The van der Waals surface area contributed by atoms with Gasteiger partial charge in [0.2, 0.25) is 0 Å². The van der Waals surface area contributed by atoms with E-state index in [2.05, 4.69) is 21.2 Å². The minimum atomic E-state index is -0.167. The first kappa shape index (κ1) is 15.6. The third-order valence-electron chi connectivity index (χ3n) is 2.79. The predicted molar refractivity (Wildman–Crippen MR) is 76.2 cm³/mol. The molecule has 18 heavy (non-hydrogen) atoms. The Morgan fingerprint density at radius 2 is 2.17 bits per heavy atom. The number of hydrogen-bond acceptors (Lipinski definition) is 2. The van der Waals surface area contributed by atoms with Gasteiger partial charge in [0.05, 0.1) is 4.47 Å². The molecule has 0 spiro atoms. The third-order valence-corrected chi connectivity index (χ3v) is 3.41. The lowest BCUT2D eigenvalue weighted by Gasteiger charge is -2.19. The second-order valence-corrected chi connectivity index (χ2v) is 4.95. The Bertz CT molecular complexity index is 360. The highest BCUT2D eigenvalue weighted by atomic mass is 79.9. The summed E-state index contributed by atoms with van der Waals surface area (Å²) in [6.45, 7) is 6.30. The molecule has 0 amide bonds. The van der Waals surface area contributed by atoms with Gasteiger partial charge >= 0.3 is 0 Å². The largest absolute Gasteiger partial charge is 0.382 e. The Morgan fingerprint density at radius 3 is 2.83 bits per heavy atom. The zero-order valence-corrected chi connectivity index (χ0v) is 12.6. The van der Waals surface area contributed by atoms with Gasteiger partial charge in [0.1, 0.15) is 5.82 Å². The lowest BCUT2D eigenvalue weighted by atomic mass is 10.0. The molecular weight excluding hydrogens is 297 g/mol. The van der Waals surface area contributed by atoms with Gasteiger partial charge in [-0.05, 0) is 48.3 Å². The SMILES string of the molecule is CCNC(CCCOCC)c1cccc(Br)c1F. The molecule has 0 bridgehead atoms. The van der Waals surface area contributed by atoms with Crippen molar-refractivity contribution in [1.29, 1.82) is 0 Å². The van der Waals surface area contributed by atoms with Gasteiger partial charge in [-0.2, -0.15) is 0 Å². The van der Waals surface area contributed by atoms with Crippen LogP contribution in [-0.2, 0) is 4.74 Å². The molecule has 0 aliphatic rings. The smallest absolute Gasteiger partial charge is 0.142 e. The number of hydrogen-bond donors (Lipinski definition) is 1. The maximum Gasteiger partial charge on any atom is 0.142 e. The van der Waals surface area contributed by atoms with Crippen LogP contribution >= 0.6 is 15.9 Å². The molecule has 0 aromatic heterocycles. The maximum atomic E-state index is 14.0. The van der Waals surface area contributed by atoms with Crippen molar-refractivity contribution in [2.24, 2.45) is 0 Å². The summed E-state index contributed by atoms with van der Waals surface area (Å²) in [6.07, 6.45) is 1.80. The van der Waals surface area contributed by atoms with Gasteiger partial charge in [0, 0.05) is 24.8 Å². The Hall–Kier alpha value is -0.450. The molecule has 0 heterocycles. The van der Waals surface area contributed by atoms with Crippen LogP contribution in [-0.4, -0.2) is 19.8 Å². The number of rotatable bonds is 8. The fourth-order valence-electron chi connectivity index (χ4n) is 1.94. The lowest BCUT2D eigenvalue weighted by molar-refractivity contribution is 0.140. The highest BCUT2D eigenvalue weighted by molar-refractivity contribution is 9.10. The van der Waals surface area contributed by atoms with Gasteiger partial charge in [0.25, 0.3) is 0 Å². The van der Waals surface area contributed by atoms with Crippen molar-refractivity contribution in [3.63, 3.8) is 0 Å². The third kappa shape index (κ3) is 4.67. The quantitative estimate of drug-likeness (QED) is 0.730. The van der Waals surface area contributed by atoms with Crippen molar-refractivity contribution in [3.05, 3.63) is 34.1 Å². The number of benzene rings is 1. The number of nitrogens with one attached hydrogen (secondary N) is 1. The first-order chi connectivity index (χ1) is 8.70. The Morgan fingerprint density at radius 1 is 1.39 bits per heavy atom. The molecule has 1 aromatic carbocycles. The fraction of sp³-hybridized carbons (Fsp3) is 0.571. The van der Waals surface area contributed by atoms with E-state index in [1.54, 1.807) is 6.07 Å². The van der Waals surface area contributed by atoms with Crippen LogP contribution in [0.4, 0.5) is 4.39 Å². The molecule has 0 aliphatic heterocycles. The summed E-state index contributed by atoms with van der Waals surface area (Å²) < 4.78 is 19.9. The van der Waals surface area contributed by atoms with Crippen LogP contribution in [0.1, 0.15) is 38.3 Å². The van der Waals surface area contributed by atoms with E-state index >= 15 is 0 Å². The predicted octanol–water partition coefficient (Wildman–Crippen LogP) is 4.06. The van der Waals surface area contributed by atoms with Gasteiger partial charge in [-0.25, -0.2) is 4.39 Å². The number of halogens is 2. The average Bonchev–Trinajstić information content (AvgIpc) is 2.37. The Kier molecular flexibility index (Phi) is 7.47. The normalized spacial score (nSPS) is 12.7. The van der Waals surface area contributed by atoms with Crippen LogP contribution in [0.25, 0.3) is 0 Å². The molecule has 1 unspecified atom stereocenters. The highest BCUT2D eigenvalue weighted by Gasteiger charge is 2.16. The Labute approximate surface area is 117 Å². The van der Waals surface area contributed by atoms with E-state index in [1.165, 1.54) is 0 Å². The summed E-state index contributed by atoms with van der Waals surface area (Å²) in [5.41, 5.74) is 0.725. The molecule has 1 atom stereocenters. The van der Waals surface area contributed by atoms with Gasteiger partial charge in [0.15, 0.2) is 0 Å². The van der Waals surface area contributed by atoms with E-state index < -0.39 is 0 Å². The summed E-state index contributed by atoms with van der Waals surface area (Å²) in [4.78, 5) is 0. The monoisotopic (exact) mass is 317 g/mol. The first-order valence-electron chi connectivity index (χ1n) is 6.45. The summed E-state index contributed by atoms with van der Waals surface area (Å²) in [5.74, 6) is -0.167. The lowest BCUT2D eigenvalue weighted by Crippen LogP contribution is -2.22. The van der Waals surface area contributed by atoms with Crippen LogP contribution < -0.4 is 5.32 Å². The second-order valence-electron chi connectivity index (χ2n) is 4.09.